The number of carbonyl (C=O) groups is 2. The Morgan fingerprint density at radius 1 is 1.00 bits per heavy atom. The van der Waals surface area contributed by atoms with E-state index in [1.165, 1.54) is 18.3 Å². The van der Waals surface area contributed by atoms with Crippen molar-refractivity contribution < 1.29 is 40.3 Å². The lowest BCUT2D eigenvalue weighted by atomic mass is 9.93. The number of hydrogen-bond donors (Lipinski definition) is 4. The minimum Gasteiger partial charge on any atom is -0.348 e. The van der Waals surface area contributed by atoms with Crippen LogP contribution in [0.4, 0.5) is 30.7 Å². The highest BCUT2D eigenvalue weighted by Gasteiger charge is 2.72. The second-order valence-electron chi connectivity index (χ2n) is 17.4. The molecule has 11 nitrogen and oxygen atoms in total. The van der Waals surface area contributed by atoms with Crippen LogP contribution in [-0.2, 0) is 36.4 Å². The summed E-state index contributed by atoms with van der Waals surface area (Å²) in [5.41, 5.74) is 1.81. The van der Waals surface area contributed by atoms with Gasteiger partial charge in [0, 0.05) is 46.7 Å². The molecule has 0 spiro atoms. The molecule has 11 rings (SSSR count). The molecule has 2 amide bonds. The van der Waals surface area contributed by atoms with E-state index >= 15 is 8.78 Å². The molecule has 2 aliphatic heterocycles. The largest absolute Gasteiger partial charge is 0.435 e. The highest BCUT2D eigenvalue weighted by Crippen LogP contribution is 2.71. The van der Waals surface area contributed by atoms with Crippen molar-refractivity contribution in [3.8, 4) is 34.2 Å². The van der Waals surface area contributed by atoms with Gasteiger partial charge in [-0.3, -0.25) is 14.3 Å². The van der Waals surface area contributed by atoms with E-state index in [1.54, 1.807) is 30.5 Å². The van der Waals surface area contributed by atoms with Crippen LogP contribution in [0.5, 0.6) is 0 Å². The number of amides is 2. The first-order chi connectivity index (χ1) is 32.1. The van der Waals surface area contributed by atoms with E-state index in [1.807, 2.05) is 24.3 Å². The van der Waals surface area contributed by atoms with Crippen molar-refractivity contribution in [3.05, 3.63) is 140 Å². The van der Waals surface area contributed by atoms with Crippen molar-refractivity contribution in [2.24, 2.45) is 11.8 Å². The molecular formula is C48H36F7N9O2S. The average molecular weight is 936 g/mol. The lowest BCUT2D eigenvalue weighted by Gasteiger charge is -2.23. The van der Waals surface area contributed by atoms with Crippen molar-refractivity contribution in [2.45, 2.75) is 69.4 Å². The highest BCUT2D eigenvalue weighted by molar-refractivity contribution is 7.19. The molecule has 4 N–H and O–H groups in total. The first kappa shape index (κ1) is 42.7. The lowest BCUT2D eigenvalue weighted by Crippen LogP contribution is -2.35. The highest BCUT2D eigenvalue weighted by atomic mass is 32.1. The van der Waals surface area contributed by atoms with Crippen molar-refractivity contribution in [3.63, 3.8) is 0 Å². The minimum absolute atomic E-state index is 0.0681. The number of halogens is 7. The molecule has 0 bridgehead atoms. The summed E-state index contributed by atoms with van der Waals surface area (Å²) in [7, 11) is 0. The summed E-state index contributed by atoms with van der Waals surface area (Å²) >= 11 is 1.22. The molecule has 2 fully saturated rings. The van der Waals surface area contributed by atoms with Crippen molar-refractivity contribution >= 4 is 33.5 Å². The zero-order valence-electron chi connectivity index (χ0n) is 35.2. The maximum Gasteiger partial charge on any atom is 0.435 e. The zero-order valence-corrected chi connectivity index (χ0v) is 36.0. The number of imidazole rings is 1. The number of benzene rings is 3. The average Bonchev–Trinajstić information content (AvgIpc) is 4.03. The van der Waals surface area contributed by atoms with E-state index < -0.39 is 76.9 Å². The van der Waals surface area contributed by atoms with Crippen LogP contribution in [0.15, 0.2) is 72.9 Å². The number of thiazole rings is 1. The number of hydrogen-bond acceptors (Lipinski definition) is 8. The molecule has 340 valence electrons. The van der Waals surface area contributed by atoms with Gasteiger partial charge < -0.3 is 20.9 Å². The zero-order chi connectivity index (χ0) is 46.5. The molecular weight excluding hydrogens is 900 g/mol. The van der Waals surface area contributed by atoms with Crippen LogP contribution in [0.25, 0.3) is 32.7 Å². The summed E-state index contributed by atoms with van der Waals surface area (Å²) in [6.45, 7) is 1.67. The first-order valence-corrected chi connectivity index (χ1v) is 22.3. The smallest absolute Gasteiger partial charge is 0.348 e. The van der Waals surface area contributed by atoms with E-state index in [9.17, 15) is 31.5 Å². The Balaban J connectivity index is 0.960. The number of fused-ring (bicyclic) bond motifs is 5. The van der Waals surface area contributed by atoms with Gasteiger partial charge in [0.1, 0.15) is 29.7 Å². The van der Waals surface area contributed by atoms with Crippen LogP contribution in [-0.4, -0.2) is 48.1 Å². The third-order valence-corrected chi connectivity index (χ3v) is 13.9. The molecule has 0 radical (unpaired) electrons. The van der Waals surface area contributed by atoms with Gasteiger partial charge in [0.25, 0.3) is 11.8 Å². The summed E-state index contributed by atoms with van der Waals surface area (Å²) in [5.74, 6) is -2.87. The maximum atomic E-state index is 15.7. The Kier molecular flexibility index (Phi) is 10.1. The number of aromatic nitrogens is 6. The predicted molar refractivity (Wildman–Crippen MR) is 231 cm³/mol. The van der Waals surface area contributed by atoms with E-state index in [0.29, 0.717) is 49.3 Å². The van der Waals surface area contributed by atoms with Crippen molar-refractivity contribution in [1.82, 2.24) is 45.7 Å². The number of carbonyl (C=O) groups excluding carboxylic acids is 2. The summed E-state index contributed by atoms with van der Waals surface area (Å²) < 4.78 is 105. The van der Waals surface area contributed by atoms with Gasteiger partial charge in [-0.25, -0.2) is 23.7 Å². The van der Waals surface area contributed by atoms with E-state index in [2.05, 4.69) is 47.8 Å². The number of pyridine rings is 1. The number of rotatable bonds is 9. The van der Waals surface area contributed by atoms with Crippen LogP contribution in [0, 0.1) is 35.3 Å². The van der Waals surface area contributed by atoms with Gasteiger partial charge in [0.05, 0.1) is 34.4 Å². The molecule has 67 heavy (non-hydrogen) atoms. The Morgan fingerprint density at radius 3 is 2.52 bits per heavy atom. The standard InChI is InChI=1S/C48H36F7N9O2S/c1-22-38-39-42(48(53,54)55)63-64(43(39)47(51,52)40(22)38)21-36(65)59-33(15-24-13-28(49)17-29(50)14-24)41-30(26-9-10-27-19-58-46(66)31(27)16-26)18-35-45(62-41)61-37(67-35)11-6-23-4-7-25(8-5-23)34-20-57-44(60-34)32-3-2-12-56-32/h4-5,7-10,13-14,16-18,20,22,32-33,38,40,56H,2-3,12,15,19,21H2,1H3,(H,57,60)(H,58,66)(H,59,65)/t22?,32-,33-,38?,40?/m0/s1. The predicted octanol–water partition coefficient (Wildman–Crippen LogP) is 8.86. The molecule has 19 heteroatoms. The van der Waals surface area contributed by atoms with Gasteiger partial charge in [-0.2, -0.15) is 27.1 Å². The topological polar surface area (TPSA) is 143 Å². The van der Waals surface area contributed by atoms with Crippen LogP contribution in [0.3, 0.4) is 0 Å². The van der Waals surface area contributed by atoms with Gasteiger partial charge in [0.15, 0.2) is 16.3 Å². The van der Waals surface area contributed by atoms with Gasteiger partial charge in [-0.05, 0) is 96.3 Å². The summed E-state index contributed by atoms with van der Waals surface area (Å²) in [5, 5.41) is 12.8. The molecule has 3 aromatic carbocycles. The fourth-order valence-electron chi connectivity index (χ4n) is 9.89. The normalized spacial score (nSPS) is 20.5. The van der Waals surface area contributed by atoms with Gasteiger partial charge in [-0.1, -0.05) is 37.1 Å². The van der Waals surface area contributed by atoms with Crippen molar-refractivity contribution in [2.75, 3.05) is 6.54 Å². The van der Waals surface area contributed by atoms with Crippen LogP contribution in [0.2, 0.25) is 0 Å². The van der Waals surface area contributed by atoms with Gasteiger partial charge >= 0.3 is 6.18 Å². The van der Waals surface area contributed by atoms with E-state index in [0.717, 1.165) is 54.2 Å². The number of nitrogens with one attached hydrogen (secondary N) is 4. The fourth-order valence-corrected chi connectivity index (χ4v) is 10.7. The number of alkyl halides is 5. The molecule has 5 atom stereocenters. The molecule has 1 saturated heterocycles. The minimum atomic E-state index is -5.07. The molecule has 1 saturated carbocycles. The third kappa shape index (κ3) is 7.71. The molecule has 4 aromatic heterocycles. The van der Waals surface area contributed by atoms with Gasteiger partial charge in [-0.15, -0.1) is 11.3 Å². The monoisotopic (exact) mass is 935 g/mol. The lowest BCUT2D eigenvalue weighted by molar-refractivity contribution is -0.142. The third-order valence-electron chi connectivity index (χ3n) is 13.0. The first-order valence-electron chi connectivity index (χ1n) is 21.5. The number of nitrogens with zero attached hydrogens (tertiary/aromatic N) is 5. The molecule has 3 unspecified atom stereocenters. The summed E-state index contributed by atoms with van der Waals surface area (Å²) in [6.07, 6.45) is -1.47. The summed E-state index contributed by atoms with van der Waals surface area (Å²) in [6, 6.07) is 16.2. The van der Waals surface area contributed by atoms with Crippen LogP contribution in [0.1, 0.15) is 98.3 Å². The van der Waals surface area contributed by atoms with E-state index in [-0.39, 0.29) is 35.3 Å². The second-order valence-corrected chi connectivity index (χ2v) is 18.4. The Bertz CT molecular complexity index is 3210. The Labute approximate surface area is 380 Å². The quantitative estimate of drug-likeness (QED) is 0.0837. The van der Waals surface area contributed by atoms with Crippen LogP contribution < -0.4 is 16.0 Å². The Hall–Kier alpha value is -6.91. The van der Waals surface area contributed by atoms with E-state index in [4.69, 9.17) is 4.98 Å². The molecule has 6 heterocycles. The van der Waals surface area contributed by atoms with Crippen molar-refractivity contribution in [1.29, 1.82) is 0 Å². The fraction of sp³-hybridized carbons (Fsp3) is 0.292. The second kappa shape index (κ2) is 15.9. The molecule has 7 aromatic rings. The maximum absolute atomic E-state index is 15.7. The summed E-state index contributed by atoms with van der Waals surface area (Å²) in [4.78, 5) is 44.4. The number of aromatic amines is 1. The molecule has 2 aliphatic carbocycles. The molecule has 4 aliphatic rings. The Morgan fingerprint density at radius 2 is 1.78 bits per heavy atom. The number of H-pyrrole nitrogens is 1. The van der Waals surface area contributed by atoms with Gasteiger partial charge in [0.2, 0.25) is 5.91 Å². The SMILES string of the molecule is CC1C2c3c(C(F)(F)F)nn(CC(=O)N[C@@H](Cc4cc(F)cc(F)c4)c4nc5nc(C#Cc6ccc(-c7cnc([C@@H]8CCCN8)[nH]7)cc6)sc5cc4-c4ccc5c(c4)C(=O)NC5)c3C(F)(F)C12. The van der Waals surface area contributed by atoms with Crippen LogP contribution >= 0.6 is 11.3 Å².